The van der Waals surface area contributed by atoms with Crippen LogP contribution in [0.2, 0.25) is 0 Å². The molecule has 0 aromatic rings. The van der Waals surface area contributed by atoms with E-state index in [0.717, 1.165) is 13.8 Å². The summed E-state index contributed by atoms with van der Waals surface area (Å²) in [6.45, 7) is -2.67. The van der Waals surface area contributed by atoms with Crippen LogP contribution in [-0.2, 0) is 90.5 Å². The van der Waals surface area contributed by atoms with Crippen molar-refractivity contribution in [3.63, 3.8) is 0 Å². The molecule has 35 atom stereocenters. The highest BCUT2D eigenvalue weighted by molar-refractivity contribution is 7.80. The minimum absolute atomic E-state index is 0.854. The lowest BCUT2D eigenvalue weighted by atomic mass is 9.93. The SMILES string of the molecule is CC(=O)N[C@@H]1[C@@H](O[C@@H]2O[C@H](CO)[C@H](O[C@@H]3O[C@H](CO)[C@H](O)[C@H](O)[C@H]3O)[C@H](O[C@@H]3O[C@H](CO)[C@H](O)[C@H](O[C@@H]4O[C@H](C(=O)O)[C@@H](O)[C@H](O)[C@H]4O)[C@H]3O)[C@H]2O[C@@H]2O[C@@H](C)[C@@H](O)[C@@H](O)[C@@H]2O)[C@@H](O)[C@@H](CO[C@@H]2O[C@H](COS(=O)(=O)O)[C@@H](O)[C@H](O)[C@H]2NC(C)=O)O[C@@H]1O. The van der Waals surface area contributed by atoms with Crippen LogP contribution in [0.25, 0.3) is 0 Å². The van der Waals surface area contributed by atoms with Crippen molar-refractivity contribution in [2.24, 2.45) is 0 Å². The number of carbonyl (C=O) groups is 3. The third-order valence-electron chi connectivity index (χ3n) is 15.5. The van der Waals surface area contributed by atoms with Gasteiger partial charge in [-0.3, -0.25) is 14.1 Å². The second kappa shape index (κ2) is 30.4. The number of carboxylic acids is 1. The van der Waals surface area contributed by atoms with E-state index in [1.54, 1.807) is 0 Å². The van der Waals surface area contributed by atoms with Gasteiger partial charge in [-0.1, -0.05) is 0 Å². The van der Waals surface area contributed by atoms with Crippen LogP contribution in [0, 0.1) is 0 Å². The van der Waals surface area contributed by atoms with Gasteiger partial charge in [0.2, 0.25) is 11.8 Å². The van der Waals surface area contributed by atoms with E-state index in [4.69, 9.17) is 66.1 Å². The molecule has 7 heterocycles. The van der Waals surface area contributed by atoms with Crippen molar-refractivity contribution < 1.29 is 190 Å². The van der Waals surface area contributed by atoms with Gasteiger partial charge in [-0.25, -0.2) is 8.98 Å². The first-order valence-electron chi connectivity index (χ1n) is 27.1. The van der Waals surface area contributed by atoms with Gasteiger partial charge in [0.25, 0.3) is 0 Å². The van der Waals surface area contributed by atoms with Gasteiger partial charge in [0, 0.05) is 13.8 Å². The van der Waals surface area contributed by atoms with E-state index in [2.05, 4.69) is 14.8 Å². The van der Waals surface area contributed by atoms with Crippen molar-refractivity contribution in [3.8, 4) is 0 Å². The number of aliphatic carboxylic acids is 1. The maximum Gasteiger partial charge on any atom is 0.397 e. The van der Waals surface area contributed by atoms with Crippen LogP contribution in [0.4, 0.5) is 0 Å². The summed E-state index contributed by atoms with van der Waals surface area (Å²) < 4.78 is 112. The first-order chi connectivity index (χ1) is 41.2. The fraction of sp³-hybridized carbons (Fsp3) is 0.935. The largest absolute Gasteiger partial charge is 0.479 e. The van der Waals surface area contributed by atoms with E-state index in [1.165, 1.54) is 6.92 Å². The topological polar surface area (TPSA) is 643 Å². The summed E-state index contributed by atoms with van der Waals surface area (Å²) in [6, 6.07) is -3.68. The highest BCUT2D eigenvalue weighted by Crippen LogP contribution is 2.40. The molecule has 0 saturated carbocycles. The van der Waals surface area contributed by atoms with Gasteiger partial charge in [0.15, 0.2) is 50.1 Å². The van der Waals surface area contributed by atoms with Crippen LogP contribution in [0.15, 0.2) is 0 Å². The summed E-state index contributed by atoms with van der Waals surface area (Å²) in [4.78, 5) is 37.1. The molecule has 0 spiro atoms. The molecule has 7 aliphatic heterocycles. The van der Waals surface area contributed by atoms with E-state index in [1.807, 2.05) is 0 Å². The number of ether oxygens (including phenoxy) is 13. The third-order valence-corrected chi connectivity index (χ3v) is 15.9. The van der Waals surface area contributed by atoms with Gasteiger partial charge >= 0.3 is 16.4 Å². The standard InChI is InChI=1S/C46H76N2O39S/c1-9-19(54)25(60)29(64)42(76-9)87-38-37(86-45-32(67)35(22(57)13(5-50)79-45)84-44-31(66)27(62)28(63)36(85-44)39(68)69)33(82-43-30(65)26(61)20(55)12(4-49)78-43)14(6-51)80-46(38)83-34-18(48-11(3)53)40(70)77-15(23(34)58)7-74-41-17(47-10(2)52)24(59)21(56)16(81-41)8-75-88(71,72)73/h9,12-38,40-46,49-51,54-67,70H,4-8H2,1-3H3,(H,47,52)(H,48,53)(H,68,69)(H,71,72,73)/t9-,12+,13+,14+,15+,16+,17+,18+,19+,20-,21+,22-,23-,24+,25+,26-,27-,28-,29-,30+,31+,32+,33-,34+,35-,36-,37-,38+,40-,41+,42-,43-,44+,45-,46-/m0/s1. The van der Waals surface area contributed by atoms with Crippen molar-refractivity contribution >= 4 is 28.2 Å². The van der Waals surface area contributed by atoms with Crippen LogP contribution in [0.5, 0.6) is 0 Å². The smallest absolute Gasteiger partial charge is 0.397 e. The van der Waals surface area contributed by atoms with Gasteiger partial charge in [-0.2, -0.15) is 8.42 Å². The molecule has 0 aliphatic carbocycles. The number of amides is 2. The van der Waals surface area contributed by atoms with E-state index in [0.29, 0.717) is 0 Å². The van der Waals surface area contributed by atoms with Crippen molar-refractivity contribution in [3.05, 3.63) is 0 Å². The summed E-state index contributed by atoms with van der Waals surface area (Å²) in [5.74, 6) is -3.71. The number of hydrogen-bond acceptors (Lipinski definition) is 37. The molecular formula is C46H76N2O39S. The Balaban J connectivity index is 1.31. The first kappa shape index (κ1) is 72.5. The molecular weight excluding hydrogens is 1240 g/mol. The minimum Gasteiger partial charge on any atom is -0.479 e. The maximum absolute atomic E-state index is 12.8. The molecule has 7 fully saturated rings. The van der Waals surface area contributed by atoms with Crippen molar-refractivity contribution in [1.29, 1.82) is 0 Å². The van der Waals surface area contributed by atoms with Gasteiger partial charge in [0.05, 0.1) is 39.1 Å². The second-order valence-electron chi connectivity index (χ2n) is 21.6. The lowest BCUT2D eigenvalue weighted by Crippen LogP contribution is -2.71. The van der Waals surface area contributed by atoms with Crippen molar-refractivity contribution in [2.45, 2.75) is 236 Å². The second-order valence-corrected chi connectivity index (χ2v) is 22.7. The molecule has 0 aromatic carbocycles. The number of carboxylic acid groups (broad SMARTS) is 1. The van der Waals surface area contributed by atoms with Crippen LogP contribution in [0.1, 0.15) is 20.8 Å². The van der Waals surface area contributed by atoms with E-state index in [9.17, 15) is 120 Å². The fourth-order valence-electron chi connectivity index (χ4n) is 10.7. The average Bonchev–Trinajstić information content (AvgIpc) is 1.19. The quantitative estimate of drug-likeness (QED) is 0.0448. The molecule has 0 radical (unpaired) electrons. The summed E-state index contributed by atoms with van der Waals surface area (Å²) in [5.41, 5.74) is 0. The van der Waals surface area contributed by atoms with Crippen LogP contribution < -0.4 is 10.6 Å². The average molecular weight is 1310 g/mol. The Kier molecular flexibility index (Phi) is 25.0. The third kappa shape index (κ3) is 16.1. The van der Waals surface area contributed by atoms with Gasteiger partial charge in [-0.15, -0.1) is 0 Å². The maximum atomic E-state index is 12.8. The zero-order valence-electron chi connectivity index (χ0n) is 46.4. The molecule has 0 aromatic heterocycles. The minimum atomic E-state index is -5.19. The van der Waals surface area contributed by atoms with E-state index >= 15 is 0 Å². The molecule has 0 unspecified atom stereocenters. The van der Waals surface area contributed by atoms with Crippen molar-refractivity contribution in [2.75, 3.05) is 33.0 Å². The number of nitrogens with one attached hydrogen (secondary N) is 2. The summed E-state index contributed by atoms with van der Waals surface area (Å²) in [5, 5.41) is 213. The molecule has 7 aliphatic rings. The predicted octanol–water partition coefficient (Wildman–Crippen LogP) is -15.0. The van der Waals surface area contributed by atoms with Gasteiger partial charge in [-0.05, 0) is 6.92 Å². The molecule has 41 nitrogen and oxygen atoms in total. The van der Waals surface area contributed by atoms with Crippen LogP contribution in [0.3, 0.4) is 0 Å². The lowest BCUT2D eigenvalue weighted by molar-refractivity contribution is -0.419. The highest BCUT2D eigenvalue weighted by Gasteiger charge is 2.60. The monoisotopic (exact) mass is 1310 g/mol. The Morgan fingerprint density at radius 1 is 0.409 bits per heavy atom. The number of hydrogen-bond donors (Lipinski definition) is 22. The molecule has 7 saturated heterocycles. The normalized spacial score (nSPS) is 48.7. The Morgan fingerprint density at radius 3 is 1.41 bits per heavy atom. The highest BCUT2D eigenvalue weighted by atomic mass is 32.3. The van der Waals surface area contributed by atoms with Gasteiger partial charge in [0.1, 0.15) is 159 Å². The first-order valence-corrected chi connectivity index (χ1v) is 28.5. The fourth-order valence-corrected chi connectivity index (χ4v) is 11.0. The number of aliphatic hydroxyl groups excluding tert-OH is 18. The lowest BCUT2D eigenvalue weighted by Gasteiger charge is -2.52. The Labute approximate surface area is 496 Å². The zero-order valence-corrected chi connectivity index (χ0v) is 47.2. The van der Waals surface area contributed by atoms with Crippen LogP contribution >= 0.6 is 0 Å². The summed E-state index contributed by atoms with van der Waals surface area (Å²) >= 11 is 0. The molecule has 42 heteroatoms. The Morgan fingerprint density at radius 2 is 0.841 bits per heavy atom. The van der Waals surface area contributed by atoms with Crippen molar-refractivity contribution in [1.82, 2.24) is 10.6 Å². The Bertz CT molecular complexity index is 2390. The summed E-state index contributed by atoms with van der Waals surface area (Å²) in [7, 11) is -5.19. The molecule has 7 rings (SSSR count). The number of aliphatic hydroxyl groups is 18. The molecule has 0 bridgehead atoms. The summed E-state index contributed by atoms with van der Waals surface area (Å²) in [6.07, 6.45) is -71.6. The Hall–Kier alpha value is -2.96. The molecule has 88 heavy (non-hydrogen) atoms. The molecule has 22 N–H and O–H groups in total. The zero-order chi connectivity index (χ0) is 65.3. The molecule has 510 valence electrons. The van der Waals surface area contributed by atoms with E-state index in [-0.39, 0.29) is 0 Å². The predicted molar refractivity (Wildman–Crippen MR) is 265 cm³/mol. The van der Waals surface area contributed by atoms with E-state index < -0.39 is 276 Å². The van der Waals surface area contributed by atoms with Crippen LogP contribution in [-0.4, -0.2) is 376 Å². The number of carbonyl (C=O) groups excluding carboxylic acids is 2. The van der Waals surface area contributed by atoms with Gasteiger partial charge < -0.3 is 169 Å². The molecule has 2 amide bonds. The number of rotatable bonds is 22.